The van der Waals surface area contributed by atoms with Gasteiger partial charge in [0.1, 0.15) is 0 Å². The van der Waals surface area contributed by atoms with Crippen LogP contribution in [0.25, 0.3) is 10.4 Å². The molecule has 4 nitrogen and oxygen atoms in total. The number of nitrogens with zero attached hydrogens (tertiary/aromatic N) is 3. The third-order valence-electron chi connectivity index (χ3n) is 4.03. The summed E-state index contributed by atoms with van der Waals surface area (Å²) in [5.74, 6) is 0. The van der Waals surface area contributed by atoms with Crippen molar-refractivity contribution in [2.24, 2.45) is 12.8 Å². The van der Waals surface area contributed by atoms with Crippen LogP contribution in [0.4, 0.5) is 0 Å². The highest BCUT2D eigenvalue weighted by Crippen LogP contribution is 2.29. The number of rotatable bonds is 4. The lowest BCUT2D eigenvalue weighted by molar-refractivity contribution is 0.146. The summed E-state index contributed by atoms with van der Waals surface area (Å²) in [5.41, 5.74) is 7.10. The number of hydrogen-bond donors (Lipinski definition) is 1. The number of piperidine rings is 1. The molecule has 1 atom stereocenters. The monoisotopic (exact) mass is 326 g/mol. The third-order valence-corrected chi connectivity index (χ3v) is 5.15. The standard InChI is InChI=1S/C15H22N4S.ClH/c1-18-10-12(9-17-18)15-6-5-14(20-15)11-19-7-3-2-4-13(19)8-16;/h5-6,9-10,13H,2-4,7-8,11,16H2,1H3;1H. The second-order valence-corrected chi connectivity index (χ2v) is 6.69. The molecule has 6 heteroatoms. The van der Waals surface area contributed by atoms with Crippen LogP contribution in [0.3, 0.4) is 0 Å². The van der Waals surface area contributed by atoms with E-state index in [0.717, 1.165) is 13.1 Å². The maximum Gasteiger partial charge on any atom is 0.0576 e. The summed E-state index contributed by atoms with van der Waals surface area (Å²) < 4.78 is 1.85. The van der Waals surface area contributed by atoms with Gasteiger partial charge in [-0.25, -0.2) is 0 Å². The van der Waals surface area contributed by atoms with Gasteiger partial charge in [-0.05, 0) is 31.5 Å². The van der Waals surface area contributed by atoms with E-state index in [2.05, 4.69) is 28.3 Å². The Kier molecular flexibility index (Phi) is 5.81. The molecule has 0 aromatic carbocycles. The summed E-state index contributed by atoms with van der Waals surface area (Å²) in [6, 6.07) is 5.01. The number of aryl methyl sites for hydroxylation is 1. The fraction of sp³-hybridized carbons (Fsp3) is 0.533. The minimum absolute atomic E-state index is 0. The summed E-state index contributed by atoms with van der Waals surface area (Å²) in [6.45, 7) is 3.00. The second-order valence-electron chi connectivity index (χ2n) is 5.52. The summed E-state index contributed by atoms with van der Waals surface area (Å²) in [4.78, 5) is 5.26. The molecule has 116 valence electrons. The molecule has 3 rings (SSSR count). The van der Waals surface area contributed by atoms with E-state index >= 15 is 0 Å². The van der Waals surface area contributed by atoms with E-state index in [1.807, 2.05) is 29.3 Å². The van der Waals surface area contributed by atoms with Crippen LogP contribution in [-0.4, -0.2) is 33.8 Å². The molecule has 3 heterocycles. The van der Waals surface area contributed by atoms with Crippen molar-refractivity contribution in [2.45, 2.75) is 31.8 Å². The molecule has 2 aromatic rings. The van der Waals surface area contributed by atoms with Gasteiger partial charge in [0, 0.05) is 47.7 Å². The zero-order valence-corrected chi connectivity index (χ0v) is 14.0. The van der Waals surface area contributed by atoms with Gasteiger partial charge in [-0.15, -0.1) is 23.7 Å². The molecule has 1 aliphatic heterocycles. The summed E-state index contributed by atoms with van der Waals surface area (Å²) in [7, 11) is 1.96. The van der Waals surface area contributed by atoms with Crippen LogP contribution in [0.5, 0.6) is 0 Å². The number of aromatic nitrogens is 2. The molecule has 2 aromatic heterocycles. The molecular weight excluding hydrogens is 304 g/mol. The number of thiophene rings is 1. The van der Waals surface area contributed by atoms with Crippen molar-refractivity contribution in [3.63, 3.8) is 0 Å². The largest absolute Gasteiger partial charge is 0.329 e. The maximum atomic E-state index is 5.90. The highest BCUT2D eigenvalue weighted by molar-refractivity contribution is 7.15. The molecule has 1 unspecified atom stereocenters. The molecule has 0 amide bonds. The fourth-order valence-corrected chi connectivity index (χ4v) is 3.91. The highest BCUT2D eigenvalue weighted by atomic mass is 35.5. The van der Waals surface area contributed by atoms with Gasteiger partial charge in [0.25, 0.3) is 0 Å². The van der Waals surface area contributed by atoms with Crippen molar-refractivity contribution < 1.29 is 0 Å². The van der Waals surface area contributed by atoms with E-state index in [4.69, 9.17) is 5.73 Å². The van der Waals surface area contributed by atoms with Crippen molar-refractivity contribution in [2.75, 3.05) is 13.1 Å². The molecule has 0 aliphatic carbocycles. The molecule has 1 aliphatic rings. The highest BCUT2D eigenvalue weighted by Gasteiger charge is 2.21. The second kappa shape index (κ2) is 7.40. The molecule has 1 saturated heterocycles. The van der Waals surface area contributed by atoms with Gasteiger partial charge >= 0.3 is 0 Å². The first-order valence-electron chi connectivity index (χ1n) is 7.28. The number of nitrogens with two attached hydrogens (primary N) is 1. The van der Waals surface area contributed by atoms with Gasteiger partial charge in [0.15, 0.2) is 0 Å². The average molecular weight is 327 g/mol. The van der Waals surface area contributed by atoms with Crippen LogP contribution < -0.4 is 5.73 Å². The van der Waals surface area contributed by atoms with Crippen molar-refractivity contribution >= 4 is 23.7 Å². The molecule has 21 heavy (non-hydrogen) atoms. The molecule has 0 saturated carbocycles. The average Bonchev–Trinajstić information content (AvgIpc) is 3.08. The Morgan fingerprint density at radius 1 is 1.38 bits per heavy atom. The third kappa shape index (κ3) is 3.86. The van der Waals surface area contributed by atoms with E-state index in [1.165, 1.54) is 41.1 Å². The van der Waals surface area contributed by atoms with Gasteiger partial charge in [-0.1, -0.05) is 6.42 Å². The molecule has 0 radical (unpaired) electrons. The van der Waals surface area contributed by atoms with Crippen LogP contribution in [0.2, 0.25) is 0 Å². The van der Waals surface area contributed by atoms with Crippen LogP contribution in [-0.2, 0) is 13.6 Å². The van der Waals surface area contributed by atoms with Crippen LogP contribution >= 0.6 is 23.7 Å². The first kappa shape index (κ1) is 16.5. The smallest absolute Gasteiger partial charge is 0.0576 e. The Morgan fingerprint density at radius 2 is 2.24 bits per heavy atom. The van der Waals surface area contributed by atoms with Crippen LogP contribution in [0.15, 0.2) is 24.5 Å². The fourth-order valence-electron chi connectivity index (χ4n) is 2.90. The zero-order valence-electron chi connectivity index (χ0n) is 12.4. The Labute approximate surface area is 136 Å². The number of hydrogen-bond acceptors (Lipinski definition) is 4. The predicted octanol–water partition coefficient (Wildman–Crippen LogP) is 2.88. The SMILES string of the molecule is Cl.Cn1cc(-c2ccc(CN3CCCCC3CN)s2)cn1. The predicted molar refractivity (Wildman–Crippen MR) is 90.9 cm³/mol. The van der Waals surface area contributed by atoms with Gasteiger partial charge < -0.3 is 5.73 Å². The lowest BCUT2D eigenvalue weighted by atomic mass is 10.0. The number of halogens is 1. The molecule has 2 N–H and O–H groups in total. The van der Waals surface area contributed by atoms with Crippen molar-refractivity contribution in [3.8, 4) is 10.4 Å². The summed E-state index contributed by atoms with van der Waals surface area (Å²) in [6.07, 6.45) is 7.87. The number of likely N-dealkylation sites (tertiary alicyclic amines) is 1. The van der Waals surface area contributed by atoms with E-state index in [0.29, 0.717) is 6.04 Å². The van der Waals surface area contributed by atoms with Gasteiger partial charge in [0.05, 0.1) is 6.20 Å². The molecular formula is C15H23ClN4S. The Hall–Kier alpha value is -0.880. The molecule has 0 spiro atoms. The van der Waals surface area contributed by atoms with Crippen LogP contribution in [0.1, 0.15) is 24.1 Å². The quantitative estimate of drug-likeness (QED) is 0.939. The van der Waals surface area contributed by atoms with Crippen molar-refractivity contribution in [1.29, 1.82) is 0 Å². The Balaban J connectivity index is 0.00000161. The van der Waals surface area contributed by atoms with E-state index in [-0.39, 0.29) is 12.4 Å². The maximum absolute atomic E-state index is 5.90. The van der Waals surface area contributed by atoms with Gasteiger partial charge in [-0.3, -0.25) is 9.58 Å². The van der Waals surface area contributed by atoms with Crippen molar-refractivity contribution in [1.82, 2.24) is 14.7 Å². The Morgan fingerprint density at radius 3 is 2.95 bits per heavy atom. The van der Waals surface area contributed by atoms with E-state index in [1.54, 1.807) is 0 Å². The summed E-state index contributed by atoms with van der Waals surface area (Å²) in [5, 5.41) is 4.24. The van der Waals surface area contributed by atoms with Crippen LogP contribution in [0, 0.1) is 0 Å². The molecule has 0 bridgehead atoms. The lowest BCUT2D eigenvalue weighted by Gasteiger charge is -2.34. The van der Waals surface area contributed by atoms with E-state index < -0.39 is 0 Å². The Bertz CT molecular complexity index is 566. The topological polar surface area (TPSA) is 47.1 Å². The minimum Gasteiger partial charge on any atom is -0.329 e. The zero-order chi connectivity index (χ0) is 13.9. The first-order valence-corrected chi connectivity index (χ1v) is 8.10. The van der Waals surface area contributed by atoms with Crippen molar-refractivity contribution in [3.05, 3.63) is 29.4 Å². The van der Waals surface area contributed by atoms with E-state index in [9.17, 15) is 0 Å². The summed E-state index contributed by atoms with van der Waals surface area (Å²) >= 11 is 1.87. The van der Waals surface area contributed by atoms with Gasteiger partial charge in [-0.2, -0.15) is 5.10 Å². The normalized spacial score (nSPS) is 19.4. The first-order chi connectivity index (χ1) is 9.76. The molecule has 1 fully saturated rings. The lowest BCUT2D eigenvalue weighted by Crippen LogP contribution is -2.43. The van der Waals surface area contributed by atoms with Gasteiger partial charge in [0.2, 0.25) is 0 Å². The minimum atomic E-state index is 0.